The molecule has 3 aromatic rings. The lowest BCUT2D eigenvalue weighted by Gasteiger charge is -2.09. The van der Waals surface area contributed by atoms with E-state index in [1.54, 1.807) is 38.5 Å². The summed E-state index contributed by atoms with van der Waals surface area (Å²) in [6.45, 7) is 4.38. The first-order chi connectivity index (χ1) is 16.4. The van der Waals surface area contributed by atoms with E-state index < -0.39 is 5.97 Å². The average molecular weight is 482 g/mol. The van der Waals surface area contributed by atoms with E-state index in [4.69, 9.17) is 18.9 Å². The number of thiophene rings is 1. The van der Waals surface area contributed by atoms with Crippen LogP contribution in [0.4, 0.5) is 5.00 Å². The van der Waals surface area contributed by atoms with Crippen molar-refractivity contribution in [1.82, 2.24) is 0 Å². The molecule has 2 aromatic carbocycles. The number of anilines is 1. The summed E-state index contributed by atoms with van der Waals surface area (Å²) < 4.78 is 21.1. The maximum Gasteiger partial charge on any atom is 0.341 e. The molecule has 1 aromatic heterocycles. The Balaban J connectivity index is 1.90. The predicted molar refractivity (Wildman–Crippen MR) is 134 cm³/mol. The van der Waals surface area contributed by atoms with Gasteiger partial charge in [-0.3, -0.25) is 4.79 Å². The number of nitrogens with one attached hydrogen (secondary N) is 1. The largest absolute Gasteiger partial charge is 0.497 e. The zero-order valence-electron chi connectivity index (χ0n) is 19.8. The Morgan fingerprint density at radius 3 is 2.32 bits per heavy atom. The van der Waals surface area contributed by atoms with E-state index in [0.29, 0.717) is 34.2 Å². The topological polar surface area (TPSA) is 83.1 Å². The summed E-state index contributed by atoms with van der Waals surface area (Å²) in [5.41, 5.74) is 2.58. The zero-order valence-corrected chi connectivity index (χ0v) is 20.6. The van der Waals surface area contributed by atoms with E-state index in [0.717, 1.165) is 21.8 Å². The van der Waals surface area contributed by atoms with Gasteiger partial charge in [0.15, 0.2) is 0 Å². The number of rotatable bonds is 9. The van der Waals surface area contributed by atoms with Gasteiger partial charge in [-0.05, 0) is 49.8 Å². The van der Waals surface area contributed by atoms with Gasteiger partial charge in [0, 0.05) is 28.1 Å². The van der Waals surface area contributed by atoms with Crippen molar-refractivity contribution in [3.05, 3.63) is 64.5 Å². The van der Waals surface area contributed by atoms with Gasteiger partial charge in [0.25, 0.3) is 0 Å². The number of carbonyl (C=O) groups is 2. The molecule has 0 bridgehead atoms. The summed E-state index contributed by atoms with van der Waals surface area (Å²) in [6, 6.07) is 12.8. The maximum absolute atomic E-state index is 12.7. The predicted octanol–water partition coefficient (Wildman–Crippen LogP) is 5.58. The third kappa shape index (κ3) is 5.58. The Labute approximate surface area is 202 Å². The first kappa shape index (κ1) is 24.9. The summed E-state index contributed by atoms with van der Waals surface area (Å²) in [5.74, 6) is 1.05. The molecule has 0 saturated heterocycles. The number of benzene rings is 2. The highest BCUT2D eigenvalue weighted by molar-refractivity contribution is 7.17. The normalized spacial score (nSPS) is 10.7. The SMILES string of the molecule is CCOc1ccc(-c2c(C)sc(NC(=O)/C=C/c3ccc(OC)cc3OC)c2C(=O)OC)cc1. The van der Waals surface area contributed by atoms with Gasteiger partial charge < -0.3 is 24.3 Å². The number of amides is 1. The van der Waals surface area contributed by atoms with Gasteiger partial charge in [-0.2, -0.15) is 0 Å². The first-order valence-electron chi connectivity index (χ1n) is 10.6. The monoisotopic (exact) mass is 481 g/mol. The lowest BCUT2D eigenvalue weighted by Crippen LogP contribution is -2.11. The van der Waals surface area contributed by atoms with Crippen molar-refractivity contribution < 1.29 is 28.5 Å². The molecule has 178 valence electrons. The highest BCUT2D eigenvalue weighted by atomic mass is 32.1. The number of esters is 1. The minimum absolute atomic E-state index is 0.318. The zero-order chi connectivity index (χ0) is 24.7. The van der Waals surface area contributed by atoms with Gasteiger partial charge in [0.05, 0.1) is 27.9 Å². The quantitative estimate of drug-likeness (QED) is 0.317. The van der Waals surface area contributed by atoms with Gasteiger partial charge in [-0.25, -0.2) is 4.79 Å². The Kier molecular flexibility index (Phi) is 8.32. The Hall–Kier alpha value is -3.78. The van der Waals surface area contributed by atoms with Gasteiger partial charge in [-0.15, -0.1) is 11.3 Å². The van der Waals surface area contributed by atoms with Crippen molar-refractivity contribution in [1.29, 1.82) is 0 Å². The average Bonchev–Trinajstić information content (AvgIpc) is 3.17. The van der Waals surface area contributed by atoms with E-state index >= 15 is 0 Å². The highest BCUT2D eigenvalue weighted by Gasteiger charge is 2.24. The maximum atomic E-state index is 12.7. The van der Waals surface area contributed by atoms with Crippen LogP contribution in [0.5, 0.6) is 17.2 Å². The molecule has 1 N–H and O–H groups in total. The Morgan fingerprint density at radius 1 is 1.00 bits per heavy atom. The summed E-state index contributed by atoms with van der Waals surface area (Å²) in [5, 5.41) is 3.24. The molecule has 0 unspecified atom stereocenters. The first-order valence-corrected chi connectivity index (χ1v) is 11.4. The summed E-state index contributed by atoms with van der Waals surface area (Å²) in [7, 11) is 4.44. The molecule has 0 radical (unpaired) electrons. The van der Waals surface area contributed by atoms with E-state index in [2.05, 4.69) is 5.32 Å². The molecule has 0 saturated carbocycles. The van der Waals surface area contributed by atoms with Crippen molar-refractivity contribution in [2.24, 2.45) is 0 Å². The molecule has 0 aliphatic heterocycles. The van der Waals surface area contributed by atoms with Crippen molar-refractivity contribution in [3.8, 4) is 28.4 Å². The second kappa shape index (κ2) is 11.4. The van der Waals surface area contributed by atoms with Crippen LogP contribution < -0.4 is 19.5 Å². The van der Waals surface area contributed by atoms with Gasteiger partial charge in [-0.1, -0.05) is 12.1 Å². The van der Waals surface area contributed by atoms with Gasteiger partial charge in [0.2, 0.25) is 5.91 Å². The van der Waals surface area contributed by atoms with Crippen LogP contribution in [0.3, 0.4) is 0 Å². The molecule has 1 heterocycles. The third-order valence-corrected chi connectivity index (χ3v) is 6.04. The van der Waals surface area contributed by atoms with Gasteiger partial charge in [0.1, 0.15) is 27.8 Å². The second-order valence-corrected chi connectivity index (χ2v) is 8.34. The summed E-state index contributed by atoms with van der Waals surface area (Å²) in [6.07, 6.45) is 3.02. The third-order valence-electron chi connectivity index (χ3n) is 5.02. The Morgan fingerprint density at radius 2 is 1.71 bits per heavy atom. The van der Waals surface area contributed by atoms with Crippen LogP contribution in [-0.2, 0) is 9.53 Å². The van der Waals surface area contributed by atoms with Crippen molar-refractivity contribution >= 4 is 34.3 Å². The number of hydrogen-bond donors (Lipinski definition) is 1. The molecule has 7 nitrogen and oxygen atoms in total. The van der Waals surface area contributed by atoms with Crippen molar-refractivity contribution in [2.75, 3.05) is 33.3 Å². The second-order valence-electron chi connectivity index (χ2n) is 7.12. The fourth-order valence-corrected chi connectivity index (χ4v) is 4.50. The molecule has 8 heteroatoms. The van der Waals surface area contributed by atoms with Crippen molar-refractivity contribution in [3.63, 3.8) is 0 Å². The van der Waals surface area contributed by atoms with E-state index in [-0.39, 0.29) is 5.91 Å². The molecule has 3 rings (SSSR count). The number of aryl methyl sites for hydroxylation is 1. The molecule has 0 aliphatic rings. The van der Waals surface area contributed by atoms with Gasteiger partial charge >= 0.3 is 5.97 Å². The smallest absolute Gasteiger partial charge is 0.341 e. The lowest BCUT2D eigenvalue weighted by atomic mass is 10.0. The van der Waals surface area contributed by atoms with Crippen LogP contribution in [0, 0.1) is 6.92 Å². The van der Waals surface area contributed by atoms with Crippen LogP contribution >= 0.6 is 11.3 Å². The van der Waals surface area contributed by atoms with E-state index in [1.165, 1.54) is 24.5 Å². The molecule has 0 spiro atoms. The molecule has 0 fully saturated rings. The summed E-state index contributed by atoms with van der Waals surface area (Å²) in [4.78, 5) is 26.3. The number of carbonyl (C=O) groups excluding carboxylic acids is 2. The Bertz CT molecular complexity index is 1200. The fourth-order valence-electron chi connectivity index (χ4n) is 3.44. The molecule has 1 amide bonds. The lowest BCUT2D eigenvalue weighted by molar-refractivity contribution is -0.111. The molecular weight excluding hydrogens is 454 g/mol. The fraction of sp³-hybridized carbons (Fsp3) is 0.231. The molecule has 0 aliphatic carbocycles. The molecule has 34 heavy (non-hydrogen) atoms. The minimum atomic E-state index is -0.524. The minimum Gasteiger partial charge on any atom is -0.497 e. The van der Waals surface area contributed by atoms with Crippen LogP contribution in [-0.4, -0.2) is 39.8 Å². The van der Waals surface area contributed by atoms with Crippen LogP contribution in [0.25, 0.3) is 17.2 Å². The molecular formula is C26H27NO6S. The molecule has 0 atom stereocenters. The van der Waals surface area contributed by atoms with E-state index in [9.17, 15) is 9.59 Å². The summed E-state index contributed by atoms with van der Waals surface area (Å²) >= 11 is 1.32. The van der Waals surface area contributed by atoms with Crippen molar-refractivity contribution in [2.45, 2.75) is 13.8 Å². The van der Waals surface area contributed by atoms with Crippen LogP contribution in [0.1, 0.15) is 27.7 Å². The van der Waals surface area contributed by atoms with E-state index in [1.807, 2.05) is 38.1 Å². The highest BCUT2D eigenvalue weighted by Crippen LogP contribution is 2.41. The standard InChI is InChI=1S/C26H27NO6S/c1-6-33-19-11-8-18(9-12-19)23-16(2)34-25(24(23)26(29)32-5)27-22(28)14-10-17-7-13-20(30-3)15-21(17)31-4/h7-15H,6H2,1-5H3,(H,27,28)/b14-10+. The van der Waals surface area contributed by atoms with Crippen LogP contribution in [0.15, 0.2) is 48.5 Å². The number of methoxy groups -OCH3 is 3. The number of hydrogen-bond acceptors (Lipinski definition) is 7. The number of ether oxygens (including phenoxy) is 4. The van der Waals surface area contributed by atoms with Crippen LogP contribution in [0.2, 0.25) is 0 Å².